The molecule has 3 aromatic heterocycles. The van der Waals surface area contributed by atoms with Gasteiger partial charge in [-0.15, -0.1) is 0 Å². The molecule has 0 bridgehead atoms. The summed E-state index contributed by atoms with van der Waals surface area (Å²) in [5.74, 6) is 1.26. The van der Waals surface area contributed by atoms with Crippen molar-refractivity contribution in [2.24, 2.45) is 7.05 Å². The van der Waals surface area contributed by atoms with E-state index >= 15 is 0 Å². The van der Waals surface area contributed by atoms with Crippen LogP contribution in [0.5, 0.6) is 11.5 Å². The van der Waals surface area contributed by atoms with Crippen LogP contribution in [-0.4, -0.2) is 85.7 Å². The topological polar surface area (TPSA) is 107 Å². The summed E-state index contributed by atoms with van der Waals surface area (Å²) in [6.07, 6.45) is 5.03. The Labute approximate surface area is 207 Å². The number of methoxy groups -OCH3 is 2. The summed E-state index contributed by atoms with van der Waals surface area (Å²) in [7, 11) is 4.96. The lowest BCUT2D eigenvalue weighted by atomic mass is 10.1. The van der Waals surface area contributed by atoms with E-state index < -0.39 is 0 Å². The van der Waals surface area contributed by atoms with E-state index in [0.29, 0.717) is 48.3 Å². The van der Waals surface area contributed by atoms with Gasteiger partial charge < -0.3 is 23.8 Å². The fourth-order valence-corrected chi connectivity index (χ4v) is 4.52. The van der Waals surface area contributed by atoms with E-state index in [1.165, 1.54) is 0 Å². The lowest BCUT2D eigenvalue weighted by Crippen LogP contribution is -2.55. The normalized spacial score (nSPS) is 15.8. The number of nitrogens with zero attached hydrogens (tertiary/aromatic N) is 7. The average Bonchev–Trinajstić information content (AvgIpc) is 3.53. The summed E-state index contributed by atoms with van der Waals surface area (Å²) in [5, 5.41) is 4.59. The van der Waals surface area contributed by atoms with Crippen molar-refractivity contribution in [1.82, 2.24) is 33.9 Å². The molecule has 1 aliphatic rings. The standard InChI is InChI=1S/C25H27N7O4/c1-16-15-30(11-12-31(16)25(34)23-27-9-10-29(23)2)24(33)18-14-22-26-8-7-19(32(22)28-18)17-5-6-20(35-3)21(13-17)36-4/h5-10,13-14,16H,11-12,15H2,1-4H3/t16-/m0/s1. The van der Waals surface area contributed by atoms with E-state index in [0.717, 1.165) is 11.3 Å². The van der Waals surface area contributed by atoms with Gasteiger partial charge in [0.25, 0.3) is 11.8 Å². The quantitative estimate of drug-likeness (QED) is 0.423. The van der Waals surface area contributed by atoms with Crippen molar-refractivity contribution in [3.8, 4) is 22.8 Å². The first kappa shape index (κ1) is 23.3. The third kappa shape index (κ3) is 4.02. The Morgan fingerprint density at radius 3 is 2.47 bits per heavy atom. The summed E-state index contributed by atoms with van der Waals surface area (Å²) in [6, 6.07) is 8.94. The molecule has 0 saturated carbocycles. The van der Waals surface area contributed by atoms with E-state index in [4.69, 9.17) is 9.47 Å². The van der Waals surface area contributed by atoms with Gasteiger partial charge in [-0.3, -0.25) is 9.59 Å². The average molecular weight is 490 g/mol. The molecule has 0 N–H and O–H groups in total. The number of carbonyl (C=O) groups excluding carboxylic acids is 2. The number of piperazine rings is 1. The Hall–Kier alpha value is -4.41. The summed E-state index contributed by atoms with van der Waals surface area (Å²) in [6.45, 7) is 3.16. The molecule has 1 atom stereocenters. The summed E-state index contributed by atoms with van der Waals surface area (Å²) < 4.78 is 14.1. The Morgan fingerprint density at radius 1 is 0.972 bits per heavy atom. The molecule has 1 aromatic carbocycles. The molecule has 0 aliphatic carbocycles. The third-order valence-corrected chi connectivity index (χ3v) is 6.44. The Balaban J connectivity index is 1.38. The number of hydrogen-bond donors (Lipinski definition) is 0. The maximum atomic E-state index is 13.4. The molecule has 5 rings (SSSR count). The molecule has 2 amide bonds. The van der Waals surface area contributed by atoms with Crippen LogP contribution < -0.4 is 9.47 Å². The van der Waals surface area contributed by atoms with Crippen molar-refractivity contribution in [3.05, 3.63) is 60.4 Å². The number of rotatable bonds is 5. The second kappa shape index (κ2) is 9.33. The minimum atomic E-state index is -0.199. The highest BCUT2D eigenvalue weighted by atomic mass is 16.5. The molecule has 4 aromatic rings. The molecule has 1 saturated heterocycles. The number of amides is 2. The molecule has 0 spiro atoms. The molecule has 11 heteroatoms. The predicted octanol–water partition coefficient (Wildman–Crippen LogP) is 2.13. The molecule has 186 valence electrons. The van der Waals surface area contributed by atoms with E-state index in [2.05, 4.69) is 15.1 Å². The monoisotopic (exact) mass is 489 g/mol. The van der Waals surface area contributed by atoms with Gasteiger partial charge in [0, 0.05) is 62.9 Å². The molecule has 1 aliphatic heterocycles. The van der Waals surface area contributed by atoms with Gasteiger partial charge >= 0.3 is 0 Å². The maximum absolute atomic E-state index is 13.4. The molecule has 4 heterocycles. The second-order valence-corrected chi connectivity index (χ2v) is 8.66. The predicted molar refractivity (Wildman–Crippen MR) is 131 cm³/mol. The van der Waals surface area contributed by atoms with Gasteiger partial charge in [-0.25, -0.2) is 14.5 Å². The zero-order chi connectivity index (χ0) is 25.4. The van der Waals surface area contributed by atoms with E-state index in [1.807, 2.05) is 31.2 Å². The van der Waals surface area contributed by atoms with Crippen LogP contribution in [0.25, 0.3) is 16.9 Å². The largest absolute Gasteiger partial charge is 0.493 e. The number of hydrogen-bond acceptors (Lipinski definition) is 7. The van der Waals surface area contributed by atoms with Crippen LogP contribution in [0.4, 0.5) is 0 Å². The highest BCUT2D eigenvalue weighted by Crippen LogP contribution is 2.32. The van der Waals surface area contributed by atoms with Gasteiger partial charge in [0.15, 0.2) is 28.7 Å². The highest BCUT2D eigenvalue weighted by Gasteiger charge is 2.33. The van der Waals surface area contributed by atoms with Gasteiger partial charge in [0.1, 0.15) is 0 Å². The van der Waals surface area contributed by atoms with Crippen molar-refractivity contribution in [1.29, 1.82) is 0 Å². The first-order chi connectivity index (χ1) is 17.4. The lowest BCUT2D eigenvalue weighted by molar-refractivity contribution is 0.0402. The van der Waals surface area contributed by atoms with Crippen molar-refractivity contribution < 1.29 is 19.1 Å². The number of aromatic nitrogens is 5. The van der Waals surface area contributed by atoms with E-state index in [9.17, 15) is 9.59 Å². The first-order valence-electron chi connectivity index (χ1n) is 11.6. The van der Waals surface area contributed by atoms with Crippen molar-refractivity contribution in [3.63, 3.8) is 0 Å². The Kier molecular flexibility index (Phi) is 6.05. The van der Waals surface area contributed by atoms with Crippen molar-refractivity contribution in [2.45, 2.75) is 13.0 Å². The minimum absolute atomic E-state index is 0.140. The SMILES string of the molecule is COc1ccc(-c2ccnc3cc(C(=O)N4CCN(C(=O)c5nccn5C)[C@@H](C)C4)nn23)cc1OC. The zero-order valence-corrected chi connectivity index (χ0v) is 20.6. The lowest BCUT2D eigenvalue weighted by Gasteiger charge is -2.39. The van der Waals surface area contributed by atoms with Crippen LogP contribution in [0, 0.1) is 0 Å². The number of ether oxygens (including phenoxy) is 2. The highest BCUT2D eigenvalue weighted by molar-refractivity contribution is 5.94. The van der Waals surface area contributed by atoms with Gasteiger partial charge in [-0.2, -0.15) is 5.10 Å². The molecule has 1 fully saturated rings. The molecule has 11 nitrogen and oxygen atoms in total. The van der Waals surface area contributed by atoms with Crippen LogP contribution >= 0.6 is 0 Å². The zero-order valence-electron chi connectivity index (χ0n) is 20.6. The van der Waals surface area contributed by atoms with Crippen LogP contribution in [-0.2, 0) is 7.05 Å². The second-order valence-electron chi connectivity index (χ2n) is 8.66. The number of aryl methyl sites for hydroxylation is 1. The summed E-state index contributed by atoms with van der Waals surface area (Å²) in [4.78, 5) is 38.3. The van der Waals surface area contributed by atoms with Gasteiger partial charge in [0.2, 0.25) is 0 Å². The third-order valence-electron chi connectivity index (χ3n) is 6.44. The fourth-order valence-electron chi connectivity index (χ4n) is 4.52. The van der Waals surface area contributed by atoms with Crippen LogP contribution in [0.2, 0.25) is 0 Å². The number of imidazole rings is 1. The Bertz CT molecular complexity index is 1440. The van der Waals surface area contributed by atoms with Crippen molar-refractivity contribution in [2.75, 3.05) is 33.9 Å². The minimum Gasteiger partial charge on any atom is -0.493 e. The maximum Gasteiger partial charge on any atom is 0.290 e. The van der Waals surface area contributed by atoms with Gasteiger partial charge in [-0.05, 0) is 31.2 Å². The molecular formula is C25H27N7O4. The number of fused-ring (bicyclic) bond motifs is 1. The number of benzene rings is 1. The first-order valence-corrected chi connectivity index (χ1v) is 11.6. The van der Waals surface area contributed by atoms with Crippen LogP contribution in [0.3, 0.4) is 0 Å². The molecule has 0 radical (unpaired) electrons. The molecule has 0 unspecified atom stereocenters. The summed E-state index contributed by atoms with van der Waals surface area (Å²) in [5.41, 5.74) is 2.46. The van der Waals surface area contributed by atoms with E-state index in [-0.39, 0.29) is 17.9 Å². The van der Waals surface area contributed by atoms with E-state index in [1.54, 1.807) is 64.8 Å². The number of carbonyl (C=O) groups is 2. The van der Waals surface area contributed by atoms with Gasteiger partial charge in [-0.1, -0.05) is 0 Å². The van der Waals surface area contributed by atoms with Crippen LogP contribution in [0.1, 0.15) is 28.0 Å². The van der Waals surface area contributed by atoms with Crippen molar-refractivity contribution >= 4 is 17.5 Å². The Morgan fingerprint density at radius 2 is 1.78 bits per heavy atom. The van der Waals surface area contributed by atoms with Crippen LogP contribution in [0.15, 0.2) is 48.9 Å². The molecular weight excluding hydrogens is 462 g/mol. The molecule has 36 heavy (non-hydrogen) atoms. The smallest absolute Gasteiger partial charge is 0.290 e. The van der Waals surface area contributed by atoms with Gasteiger partial charge in [0.05, 0.1) is 19.9 Å². The summed E-state index contributed by atoms with van der Waals surface area (Å²) >= 11 is 0. The fraction of sp³-hybridized carbons (Fsp3) is 0.320.